The van der Waals surface area contributed by atoms with Gasteiger partial charge in [-0.1, -0.05) is 0 Å². The molecule has 104 valence electrons. The second kappa shape index (κ2) is 7.09. The maximum atomic E-state index is 11.9. The van der Waals surface area contributed by atoms with E-state index in [4.69, 9.17) is 6.42 Å². The number of unbranched alkanes of at least 4 members (excludes halogenated alkanes) is 2. The zero-order chi connectivity index (χ0) is 14.4. The van der Waals surface area contributed by atoms with Crippen LogP contribution in [0.1, 0.15) is 41.7 Å². The van der Waals surface area contributed by atoms with Crippen molar-refractivity contribution in [3.05, 3.63) is 16.0 Å². The number of thiophene rings is 1. The standard InChI is InChI=1S/C15H17N3OS/c1-2-3-4-5-6-14(19)18-15-12(9-16)11-7-8-17-10-13(11)20-15/h1,17H,3-8,10H2,(H,18,19). The second-order valence-corrected chi connectivity index (χ2v) is 5.81. The molecule has 1 aliphatic heterocycles. The Morgan fingerprint density at radius 1 is 1.50 bits per heavy atom. The Balaban J connectivity index is 1.99. The number of terminal acetylenes is 1. The third-order valence-corrected chi connectivity index (χ3v) is 4.42. The number of anilines is 1. The Morgan fingerprint density at radius 3 is 3.10 bits per heavy atom. The van der Waals surface area contributed by atoms with Gasteiger partial charge in [0.15, 0.2) is 0 Å². The molecule has 5 heteroatoms. The summed E-state index contributed by atoms with van der Waals surface area (Å²) in [6.07, 6.45) is 8.82. The minimum absolute atomic E-state index is 0.0370. The Kier molecular flexibility index (Phi) is 5.17. The predicted octanol–water partition coefficient (Wildman–Crippen LogP) is 2.40. The van der Waals surface area contributed by atoms with Gasteiger partial charge in [0.1, 0.15) is 11.1 Å². The molecule has 20 heavy (non-hydrogen) atoms. The lowest BCUT2D eigenvalue weighted by Crippen LogP contribution is -2.22. The molecular formula is C15H17N3OS. The summed E-state index contributed by atoms with van der Waals surface area (Å²) in [5, 5.41) is 16.1. The maximum absolute atomic E-state index is 11.9. The van der Waals surface area contributed by atoms with Crippen LogP contribution in [0, 0.1) is 23.7 Å². The SMILES string of the molecule is C#CCCCCC(=O)Nc1sc2c(c1C#N)CCNC2. The molecule has 4 nitrogen and oxygen atoms in total. The molecule has 0 unspecified atom stereocenters. The highest BCUT2D eigenvalue weighted by molar-refractivity contribution is 7.16. The van der Waals surface area contributed by atoms with Crippen molar-refractivity contribution < 1.29 is 4.79 Å². The highest BCUT2D eigenvalue weighted by Crippen LogP contribution is 2.34. The van der Waals surface area contributed by atoms with Crippen molar-refractivity contribution >= 4 is 22.2 Å². The lowest BCUT2D eigenvalue weighted by atomic mass is 10.1. The summed E-state index contributed by atoms with van der Waals surface area (Å²) in [6, 6.07) is 2.23. The molecule has 2 N–H and O–H groups in total. The van der Waals surface area contributed by atoms with Crippen LogP contribution in [-0.4, -0.2) is 12.5 Å². The van der Waals surface area contributed by atoms with Crippen LogP contribution in [0.5, 0.6) is 0 Å². The monoisotopic (exact) mass is 287 g/mol. The number of rotatable bonds is 5. The van der Waals surface area contributed by atoms with Crippen LogP contribution >= 0.6 is 11.3 Å². The van der Waals surface area contributed by atoms with Crippen molar-refractivity contribution in [2.75, 3.05) is 11.9 Å². The highest BCUT2D eigenvalue weighted by Gasteiger charge is 2.21. The first-order chi connectivity index (χ1) is 9.76. The third-order valence-electron chi connectivity index (χ3n) is 3.27. The van der Waals surface area contributed by atoms with Gasteiger partial charge in [-0.25, -0.2) is 0 Å². The van der Waals surface area contributed by atoms with Gasteiger partial charge in [-0.15, -0.1) is 23.7 Å². The van der Waals surface area contributed by atoms with E-state index in [0.717, 1.165) is 42.8 Å². The van der Waals surface area contributed by atoms with Crippen molar-refractivity contribution in [1.29, 1.82) is 5.26 Å². The van der Waals surface area contributed by atoms with Gasteiger partial charge < -0.3 is 10.6 Å². The number of fused-ring (bicyclic) bond motifs is 1. The first-order valence-corrected chi connectivity index (χ1v) is 7.56. The fourth-order valence-electron chi connectivity index (χ4n) is 2.24. The van der Waals surface area contributed by atoms with E-state index >= 15 is 0 Å². The number of carbonyl (C=O) groups is 1. The molecule has 0 fully saturated rings. The van der Waals surface area contributed by atoms with Gasteiger partial charge in [0.25, 0.3) is 0 Å². The largest absolute Gasteiger partial charge is 0.317 e. The summed E-state index contributed by atoms with van der Waals surface area (Å²) in [7, 11) is 0. The van der Waals surface area contributed by atoms with E-state index in [9.17, 15) is 10.1 Å². The van der Waals surface area contributed by atoms with Crippen molar-refractivity contribution in [3.8, 4) is 18.4 Å². The minimum atomic E-state index is -0.0370. The van der Waals surface area contributed by atoms with Crippen molar-refractivity contribution in [3.63, 3.8) is 0 Å². The number of nitrogens with zero attached hydrogens (tertiary/aromatic N) is 1. The number of nitrogens with one attached hydrogen (secondary N) is 2. The van der Waals surface area contributed by atoms with E-state index in [-0.39, 0.29) is 5.91 Å². The lowest BCUT2D eigenvalue weighted by Gasteiger charge is -2.11. The lowest BCUT2D eigenvalue weighted by molar-refractivity contribution is -0.116. The molecule has 0 atom stereocenters. The Labute approximate surface area is 123 Å². The van der Waals surface area contributed by atoms with E-state index in [1.54, 1.807) is 0 Å². The third kappa shape index (κ3) is 3.39. The van der Waals surface area contributed by atoms with Gasteiger partial charge >= 0.3 is 0 Å². The van der Waals surface area contributed by atoms with E-state index < -0.39 is 0 Å². The Bertz CT molecular complexity index is 577. The predicted molar refractivity (Wildman–Crippen MR) is 80.4 cm³/mol. The van der Waals surface area contributed by atoms with Crippen LogP contribution in [0.25, 0.3) is 0 Å². The summed E-state index contributed by atoms with van der Waals surface area (Å²) in [5.74, 6) is 2.53. The van der Waals surface area contributed by atoms with Crippen LogP contribution in [0.3, 0.4) is 0 Å². The summed E-state index contributed by atoms with van der Waals surface area (Å²) in [4.78, 5) is 13.0. The number of hydrogen-bond acceptors (Lipinski definition) is 4. The van der Waals surface area contributed by atoms with E-state index in [0.29, 0.717) is 23.4 Å². The normalized spacial score (nSPS) is 13.1. The number of carbonyl (C=O) groups excluding carboxylic acids is 1. The van der Waals surface area contributed by atoms with E-state index in [1.165, 1.54) is 11.3 Å². The molecule has 2 heterocycles. The molecule has 0 aromatic carbocycles. The fourth-order valence-corrected chi connectivity index (χ4v) is 3.43. The van der Waals surface area contributed by atoms with Gasteiger partial charge in [-0.3, -0.25) is 4.79 Å². The minimum Gasteiger partial charge on any atom is -0.317 e. The summed E-state index contributed by atoms with van der Waals surface area (Å²) < 4.78 is 0. The van der Waals surface area contributed by atoms with Crippen molar-refractivity contribution in [2.24, 2.45) is 0 Å². The van der Waals surface area contributed by atoms with Crippen molar-refractivity contribution in [2.45, 2.75) is 38.6 Å². The molecule has 0 saturated heterocycles. The van der Waals surface area contributed by atoms with Gasteiger partial charge in [-0.05, 0) is 31.4 Å². The van der Waals surface area contributed by atoms with Crippen LogP contribution in [0.4, 0.5) is 5.00 Å². The van der Waals surface area contributed by atoms with E-state index in [2.05, 4.69) is 22.6 Å². The van der Waals surface area contributed by atoms with Crippen LogP contribution in [0.15, 0.2) is 0 Å². The maximum Gasteiger partial charge on any atom is 0.225 e. The first kappa shape index (κ1) is 14.6. The molecule has 0 bridgehead atoms. The summed E-state index contributed by atoms with van der Waals surface area (Å²) in [6.45, 7) is 1.67. The molecule has 1 aromatic heterocycles. The molecule has 0 radical (unpaired) electrons. The number of hydrogen-bond donors (Lipinski definition) is 2. The first-order valence-electron chi connectivity index (χ1n) is 6.75. The van der Waals surface area contributed by atoms with Gasteiger partial charge in [-0.2, -0.15) is 5.26 Å². The van der Waals surface area contributed by atoms with Crippen molar-refractivity contribution in [1.82, 2.24) is 5.32 Å². The van der Waals surface area contributed by atoms with Crippen LogP contribution < -0.4 is 10.6 Å². The van der Waals surface area contributed by atoms with Crippen LogP contribution in [-0.2, 0) is 17.8 Å². The fraction of sp³-hybridized carbons (Fsp3) is 0.467. The average molecular weight is 287 g/mol. The van der Waals surface area contributed by atoms with Gasteiger partial charge in [0.05, 0.1) is 5.56 Å². The summed E-state index contributed by atoms with van der Waals surface area (Å²) in [5.41, 5.74) is 1.74. The highest BCUT2D eigenvalue weighted by atomic mass is 32.1. The number of amides is 1. The van der Waals surface area contributed by atoms with Crippen LogP contribution in [0.2, 0.25) is 0 Å². The molecular weight excluding hydrogens is 270 g/mol. The zero-order valence-corrected chi connectivity index (χ0v) is 12.1. The topological polar surface area (TPSA) is 64.9 Å². The van der Waals surface area contributed by atoms with Gasteiger partial charge in [0, 0.05) is 24.3 Å². The average Bonchev–Trinajstić information content (AvgIpc) is 2.80. The molecule has 1 aromatic rings. The smallest absolute Gasteiger partial charge is 0.225 e. The molecule has 0 saturated carbocycles. The summed E-state index contributed by atoms with van der Waals surface area (Å²) >= 11 is 1.51. The quantitative estimate of drug-likeness (QED) is 0.645. The Hall–Kier alpha value is -1.82. The van der Waals surface area contributed by atoms with Gasteiger partial charge in [0.2, 0.25) is 5.91 Å². The molecule has 0 spiro atoms. The van der Waals surface area contributed by atoms with E-state index in [1.807, 2.05) is 0 Å². The molecule has 1 amide bonds. The number of nitriles is 1. The Morgan fingerprint density at radius 2 is 2.35 bits per heavy atom. The molecule has 2 rings (SSSR count). The second-order valence-electron chi connectivity index (χ2n) is 4.71. The molecule has 0 aliphatic carbocycles. The zero-order valence-electron chi connectivity index (χ0n) is 11.3. The molecule has 1 aliphatic rings.